The standard InChI is InChI=1S/C16H12N2O2/c1-10-6-2-5-9-13(10)17-18-14-15(19)11-7-3-4-8-12(11)16(14)20/h2-9,14H,1H3. The van der Waals surface area contributed by atoms with Crippen molar-refractivity contribution in [2.45, 2.75) is 13.0 Å². The van der Waals surface area contributed by atoms with Gasteiger partial charge in [-0.1, -0.05) is 42.5 Å². The molecule has 1 aliphatic rings. The predicted molar refractivity (Wildman–Crippen MR) is 74.6 cm³/mol. The van der Waals surface area contributed by atoms with Gasteiger partial charge in [-0.15, -0.1) is 0 Å². The molecule has 4 heteroatoms. The summed E-state index contributed by atoms with van der Waals surface area (Å²) in [6.07, 6.45) is 0. The van der Waals surface area contributed by atoms with Crippen LogP contribution in [0.15, 0.2) is 58.8 Å². The molecule has 0 heterocycles. The van der Waals surface area contributed by atoms with Crippen molar-refractivity contribution in [1.29, 1.82) is 0 Å². The van der Waals surface area contributed by atoms with E-state index in [9.17, 15) is 9.59 Å². The maximum absolute atomic E-state index is 12.1. The molecule has 0 fully saturated rings. The number of aryl methyl sites for hydroxylation is 1. The smallest absolute Gasteiger partial charge is 0.197 e. The second-order valence-corrected chi connectivity index (χ2v) is 4.68. The first-order chi connectivity index (χ1) is 9.68. The minimum Gasteiger partial charge on any atom is -0.291 e. The number of rotatable bonds is 2. The van der Waals surface area contributed by atoms with Gasteiger partial charge in [0.05, 0.1) is 5.69 Å². The van der Waals surface area contributed by atoms with Crippen LogP contribution in [0.5, 0.6) is 0 Å². The van der Waals surface area contributed by atoms with E-state index in [-0.39, 0.29) is 11.6 Å². The first kappa shape index (κ1) is 12.4. The van der Waals surface area contributed by atoms with Crippen LogP contribution in [0, 0.1) is 6.92 Å². The second-order valence-electron chi connectivity index (χ2n) is 4.68. The summed E-state index contributed by atoms with van der Waals surface area (Å²) >= 11 is 0. The third kappa shape index (κ3) is 1.95. The monoisotopic (exact) mass is 264 g/mol. The molecule has 4 nitrogen and oxygen atoms in total. The number of fused-ring (bicyclic) bond motifs is 1. The molecule has 3 rings (SSSR count). The fraction of sp³-hybridized carbons (Fsp3) is 0.125. The van der Waals surface area contributed by atoms with Crippen molar-refractivity contribution in [2.75, 3.05) is 0 Å². The number of hydrogen-bond donors (Lipinski definition) is 0. The Balaban J connectivity index is 1.93. The lowest BCUT2D eigenvalue weighted by Gasteiger charge is -2.00. The molecule has 0 saturated carbocycles. The highest BCUT2D eigenvalue weighted by Crippen LogP contribution is 2.26. The van der Waals surface area contributed by atoms with Gasteiger partial charge in [0, 0.05) is 11.1 Å². The molecule has 2 aromatic rings. The zero-order valence-corrected chi connectivity index (χ0v) is 10.9. The minimum absolute atomic E-state index is 0.275. The highest BCUT2D eigenvalue weighted by molar-refractivity contribution is 6.29. The molecule has 0 amide bonds. The number of azo groups is 1. The number of nitrogens with zero attached hydrogens (tertiary/aromatic N) is 2. The summed E-state index contributed by atoms with van der Waals surface area (Å²) in [6.45, 7) is 1.90. The summed E-state index contributed by atoms with van der Waals surface area (Å²) in [5, 5.41) is 8.01. The lowest BCUT2D eigenvalue weighted by Crippen LogP contribution is -2.18. The molecule has 0 N–H and O–H groups in total. The van der Waals surface area contributed by atoms with E-state index in [0.29, 0.717) is 16.8 Å². The van der Waals surface area contributed by atoms with E-state index >= 15 is 0 Å². The molecule has 0 aromatic heterocycles. The van der Waals surface area contributed by atoms with Crippen molar-refractivity contribution in [3.05, 3.63) is 65.2 Å². The Bertz CT molecular complexity index is 700. The van der Waals surface area contributed by atoms with Gasteiger partial charge in [-0.2, -0.15) is 10.2 Å². The molecule has 0 radical (unpaired) electrons. The second kappa shape index (κ2) is 4.81. The van der Waals surface area contributed by atoms with Crippen molar-refractivity contribution in [1.82, 2.24) is 0 Å². The summed E-state index contributed by atoms with van der Waals surface area (Å²) in [5.41, 5.74) is 2.49. The summed E-state index contributed by atoms with van der Waals surface area (Å²) in [7, 11) is 0. The van der Waals surface area contributed by atoms with E-state index in [0.717, 1.165) is 5.56 Å². The quantitative estimate of drug-likeness (QED) is 0.615. The highest BCUT2D eigenvalue weighted by Gasteiger charge is 2.38. The number of benzene rings is 2. The van der Waals surface area contributed by atoms with Gasteiger partial charge in [0.2, 0.25) is 0 Å². The Morgan fingerprint density at radius 1 is 0.850 bits per heavy atom. The third-order valence-corrected chi connectivity index (χ3v) is 3.35. The van der Waals surface area contributed by atoms with Gasteiger partial charge in [0.25, 0.3) is 0 Å². The van der Waals surface area contributed by atoms with Crippen LogP contribution in [-0.4, -0.2) is 17.6 Å². The summed E-state index contributed by atoms with van der Waals surface area (Å²) < 4.78 is 0. The van der Waals surface area contributed by atoms with E-state index in [1.165, 1.54) is 0 Å². The van der Waals surface area contributed by atoms with Gasteiger partial charge in [-0.05, 0) is 18.6 Å². The molecule has 0 aliphatic heterocycles. The number of Topliss-reactive ketones (excluding diaryl/α,β-unsaturated/α-hetero) is 2. The summed E-state index contributed by atoms with van der Waals surface area (Å²) in [6, 6.07) is 13.2. The van der Waals surface area contributed by atoms with Crippen LogP contribution in [0.1, 0.15) is 26.3 Å². The van der Waals surface area contributed by atoms with Crippen LogP contribution >= 0.6 is 0 Å². The van der Waals surface area contributed by atoms with Gasteiger partial charge in [-0.3, -0.25) is 9.59 Å². The van der Waals surface area contributed by atoms with Crippen LogP contribution in [0.2, 0.25) is 0 Å². The van der Waals surface area contributed by atoms with E-state index in [4.69, 9.17) is 0 Å². The molecular formula is C16H12N2O2. The van der Waals surface area contributed by atoms with Gasteiger partial charge < -0.3 is 0 Å². The highest BCUT2D eigenvalue weighted by atomic mass is 16.2. The van der Waals surface area contributed by atoms with Crippen molar-refractivity contribution >= 4 is 17.3 Å². The van der Waals surface area contributed by atoms with Crippen LogP contribution in [-0.2, 0) is 0 Å². The maximum Gasteiger partial charge on any atom is 0.197 e. The Morgan fingerprint density at radius 3 is 2.00 bits per heavy atom. The van der Waals surface area contributed by atoms with Crippen molar-refractivity contribution in [3.8, 4) is 0 Å². The lowest BCUT2D eigenvalue weighted by molar-refractivity contribution is 0.0891. The Kier molecular flexibility index (Phi) is 2.99. The van der Waals surface area contributed by atoms with E-state index < -0.39 is 6.04 Å². The number of ketones is 2. The van der Waals surface area contributed by atoms with Gasteiger partial charge in [0.15, 0.2) is 17.6 Å². The van der Waals surface area contributed by atoms with Crippen molar-refractivity contribution in [2.24, 2.45) is 10.2 Å². The van der Waals surface area contributed by atoms with Crippen LogP contribution in [0.4, 0.5) is 5.69 Å². The van der Waals surface area contributed by atoms with E-state index in [2.05, 4.69) is 10.2 Å². The fourth-order valence-corrected chi connectivity index (χ4v) is 2.23. The third-order valence-electron chi connectivity index (χ3n) is 3.35. The van der Waals surface area contributed by atoms with E-state index in [1.807, 2.05) is 25.1 Å². The van der Waals surface area contributed by atoms with Crippen molar-refractivity contribution in [3.63, 3.8) is 0 Å². The Hall–Kier alpha value is -2.62. The number of carbonyl (C=O) groups is 2. The molecule has 1 aliphatic carbocycles. The topological polar surface area (TPSA) is 58.9 Å². The van der Waals surface area contributed by atoms with Crippen LogP contribution in [0.25, 0.3) is 0 Å². The Morgan fingerprint density at radius 2 is 1.40 bits per heavy atom. The molecule has 0 saturated heterocycles. The first-order valence-corrected chi connectivity index (χ1v) is 6.32. The van der Waals surface area contributed by atoms with E-state index in [1.54, 1.807) is 30.3 Å². The zero-order valence-electron chi connectivity index (χ0n) is 10.9. The molecular weight excluding hydrogens is 252 g/mol. The van der Waals surface area contributed by atoms with Crippen LogP contribution < -0.4 is 0 Å². The van der Waals surface area contributed by atoms with Gasteiger partial charge >= 0.3 is 0 Å². The number of carbonyl (C=O) groups excluding carboxylic acids is 2. The Labute approximate surface area is 116 Å². The molecule has 0 unspecified atom stereocenters. The predicted octanol–water partition coefficient (Wildman–Crippen LogP) is 3.53. The van der Waals surface area contributed by atoms with Gasteiger partial charge in [-0.25, -0.2) is 0 Å². The minimum atomic E-state index is -1.04. The zero-order chi connectivity index (χ0) is 14.1. The molecule has 0 spiro atoms. The molecule has 0 atom stereocenters. The maximum atomic E-state index is 12.1. The normalized spacial score (nSPS) is 15.1. The van der Waals surface area contributed by atoms with Crippen molar-refractivity contribution < 1.29 is 9.59 Å². The lowest BCUT2D eigenvalue weighted by atomic mass is 10.1. The fourth-order valence-electron chi connectivity index (χ4n) is 2.23. The molecule has 98 valence electrons. The SMILES string of the molecule is Cc1ccccc1N=NC1C(=O)c2ccccc2C1=O. The molecule has 20 heavy (non-hydrogen) atoms. The summed E-state index contributed by atoms with van der Waals surface area (Å²) in [4.78, 5) is 24.3. The van der Waals surface area contributed by atoms with Gasteiger partial charge in [0.1, 0.15) is 0 Å². The first-order valence-electron chi connectivity index (χ1n) is 6.32. The molecule has 0 bridgehead atoms. The average Bonchev–Trinajstić information content (AvgIpc) is 2.71. The average molecular weight is 264 g/mol. The summed E-state index contributed by atoms with van der Waals surface area (Å²) in [5.74, 6) is -0.550. The molecule has 2 aromatic carbocycles. The van der Waals surface area contributed by atoms with Crippen LogP contribution in [0.3, 0.4) is 0 Å². The largest absolute Gasteiger partial charge is 0.291 e. The number of hydrogen-bond acceptors (Lipinski definition) is 4.